The lowest BCUT2D eigenvalue weighted by Crippen LogP contribution is -2.42. The van der Waals surface area contributed by atoms with Crippen molar-refractivity contribution in [1.29, 1.82) is 0 Å². The third kappa shape index (κ3) is 19.6. The number of carbonyl (C=O) groups is 3. The van der Waals surface area contributed by atoms with E-state index < -0.39 is 18.0 Å². The van der Waals surface area contributed by atoms with Gasteiger partial charge in [0.15, 0.2) is 0 Å². The van der Waals surface area contributed by atoms with E-state index in [4.69, 9.17) is 19.8 Å². The fraction of sp³-hybridized carbons (Fsp3) is 0.579. The molecular weight excluding hydrogens is 366 g/mol. The molecular formula is C19H29N3O6-3. The summed E-state index contributed by atoms with van der Waals surface area (Å²) in [5.41, 5.74) is 1.04. The number of hydrogen-bond acceptors (Lipinski definition) is 8. The number of carbonyl (C=O) groups excluding carboxylic acids is 3. The van der Waals surface area contributed by atoms with Crippen molar-refractivity contribution in [3.8, 4) is 0 Å². The van der Waals surface area contributed by atoms with Crippen LogP contribution in [-0.2, 0) is 16.1 Å². The van der Waals surface area contributed by atoms with Crippen LogP contribution in [0.4, 0.5) is 4.79 Å². The number of amides is 1. The summed E-state index contributed by atoms with van der Waals surface area (Å²) in [6.45, 7) is 4.33. The van der Waals surface area contributed by atoms with Gasteiger partial charge >= 0.3 is 0 Å². The van der Waals surface area contributed by atoms with Gasteiger partial charge in [-0.3, -0.25) is 4.98 Å². The molecule has 28 heavy (non-hydrogen) atoms. The third-order valence-corrected chi connectivity index (χ3v) is 3.26. The van der Waals surface area contributed by atoms with Crippen LogP contribution >= 0.6 is 0 Å². The van der Waals surface area contributed by atoms with E-state index in [1.54, 1.807) is 0 Å². The highest BCUT2D eigenvalue weighted by molar-refractivity contribution is 6.25. The number of rotatable bonds is 8. The molecule has 0 fully saturated rings. The maximum absolute atomic E-state index is 9.51. The summed E-state index contributed by atoms with van der Waals surface area (Å²) < 4.78 is 0. The average Bonchev–Trinajstić information content (AvgIpc) is 2.63. The van der Waals surface area contributed by atoms with Crippen molar-refractivity contribution in [2.24, 2.45) is 0 Å². The molecule has 1 radical (unpaired) electrons. The summed E-state index contributed by atoms with van der Waals surface area (Å²) in [5.74, 6) is -4.37. The van der Waals surface area contributed by atoms with Crippen LogP contribution < -0.4 is 15.3 Å². The standard InChI is InChI=1S/C14H23N2.C3H7NO2.C2H2O4/c1-3-4-5-6-9-12-16(2)13-14-10-7-8-11-15-14;1-4(2)3(5)6;3-1(4)2(5)6/h7-8,11H,3-6,9,12-13H2,1-2H3;1-2H3,(H,5,6);(H,3,4)(H,5,6)/p-3. The first-order valence-electron chi connectivity index (χ1n) is 8.92. The van der Waals surface area contributed by atoms with E-state index in [0.717, 1.165) is 23.7 Å². The molecule has 1 amide bonds. The van der Waals surface area contributed by atoms with E-state index in [2.05, 4.69) is 29.9 Å². The van der Waals surface area contributed by atoms with Crippen molar-refractivity contribution >= 4 is 18.0 Å². The van der Waals surface area contributed by atoms with Crippen molar-refractivity contribution in [2.75, 3.05) is 27.7 Å². The summed E-state index contributed by atoms with van der Waals surface area (Å²) in [6.07, 6.45) is 7.39. The molecule has 1 rings (SSSR count). The fourth-order valence-electron chi connectivity index (χ4n) is 1.76. The van der Waals surface area contributed by atoms with Crippen LogP contribution in [0.1, 0.15) is 44.7 Å². The zero-order valence-corrected chi connectivity index (χ0v) is 17.0. The molecule has 9 nitrogen and oxygen atoms in total. The summed E-state index contributed by atoms with van der Waals surface area (Å²) in [7, 11) is 4.98. The molecule has 9 heteroatoms. The summed E-state index contributed by atoms with van der Waals surface area (Å²) in [6, 6.07) is 7.00. The molecule has 0 aliphatic carbocycles. The Morgan fingerprint density at radius 3 is 1.93 bits per heavy atom. The van der Waals surface area contributed by atoms with Crippen molar-refractivity contribution in [3.63, 3.8) is 0 Å². The molecule has 0 bridgehead atoms. The van der Waals surface area contributed by atoms with Crippen LogP contribution in [0.15, 0.2) is 18.3 Å². The van der Waals surface area contributed by atoms with Crippen molar-refractivity contribution in [2.45, 2.75) is 45.6 Å². The first kappa shape index (κ1) is 27.5. The number of aromatic nitrogens is 1. The van der Waals surface area contributed by atoms with Crippen LogP contribution in [0.3, 0.4) is 0 Å². The molecule has 0 aliphatic heterocycles. The lowest BCUT2D eigenvalue weighted by Gasteiger charge is -2.15. The molecule has 0 atom stereocenters. The molecule has 0 saturated heterocycles. The van der Waals surface area contributed by atoms with Gasteiger partial charge in [0.25, 0.3) is 0 Å². The number of unbranched alkanes of at least 4 members (excludes halogenated alkanes) is 4. The molecule has 0 spiro atoms. The Bertz CT molecular complexity index is 540. The quantitative estimate of drug-likeness (QED) is 0.389. The molecule has 1 heterocycles. The smallest absolute Gasteiger partial charge is 0.136 e. The Balaban J connectivity index is 0. The molecule has 1 aromatic rings. The van der Waals surface area contributed by atoms with Gasteiger partial charge in [0.2, 0.25) is 0 Å². The maximum Gasteiger partial charge on any atom is 0.136 e. The number of carboxylic acids is 2. The van der Waals surface area contributed by atoms with E-state index in [1.807, 2.05) is 18.3 Å². The second-order valence-corrected chi connectivity index (χ2v) is 6.12. The minimum Gasteiger partial charge on any atom is -0.543 e. The van der Waals surface area contributed by atoms with Crippen molar-refractivity contribution < 1.29 is 29.7 Å². The highest BCUT2D eigenvalue weighted by atomic mass is 16.4. The van der Waals surface area contributed by atoms with Crippen LogP contribution in [0.5, 0.6) is 0 Å². The van der Waals surface area contributed by atoms with Gasteiger partial charge < -0.3 is 39.5 Å². The highest BCUT2D eigenvalue weighted by Gasteiger charge is 2.00. The van der Waals surface area contributed by atoms with E-state index in [0.29, 0.717) is 0 Å². The minimum absolute atomic E-state index is 0.911. The molecule has 0 unspecified atom stereocenters. The molecule has 1 aromatic heterocycles. The SMILES string of the molecule is CCCCCCCN(C)Cc1[c]cccn1.CN(C)C(=O)[O-].O=C([O-])C(=O)[O-]. The number of carboxylic acid groups (broad SMARTS) is 3. The van der Waals surface area contributed by atoms with E-state index >= 15 is 0 Å². The third-order valence-electron chi connectivity index (χ3n) is 3.26. The topological polar surface area (TPSA) is 140 Å². The Labute approximate surface area is 166 Å². The van der Waals surface area contributed by atoms with Gasteiger partial charge in [0, 0.05) is 32.9 Å². The Hall–Kier alpha value is -2.68. The summed E-state index contributed by atoms with van der Waals surface area (Å²) >= 11 is 0. The van der Waals surface area contributed by atoms with Gasteiger partial charge in [-0.25, -0.2) is 0 Å². The molecule has 0 aromatic carbocycles. The number of pyridine rings is 1. The van der Waals surface area contributed by atoms with Crippen LogP contribution in [0, 0.1) is 6.07 Å². The van der Waals surface area contributed by atoms with E-state index in [-0.39, 0.29) is 0 Å². The monoisotopic (exact) mass is 395 g/mol. The van der Waals surface area contributed by atoms with Gasteiger partial charge in [-0.05, 0) is 26.1 Å². The zero-order chi connectivity index (χ0) is 21.9. The van der Waals surface area contributed by atoms with Crippen molar-refractivity contribution in [1.82, 2.24) is 14.8 Å². The van der Waals surface area contributed by atoms with Gasteiger partial charge in [-0.2, -0.15) is 0 Å². The first-order valence-corrected chi connectivity index (χ1v) is 8.92. The minimum atomic E-state index is -2.19. The van der Waals surface area contributed by atoms with E-state index in [1.165, 1.54) is 46.2 Å². The lowest BCUT2D eigenvalue weighted by molar-refractivity contribution is -0.345. The molecule has 159 valence electrons. The highest BCUT2D eigenvalue weighted by Crippen LogP contribution is 2.04. The average molecular weight is 395 g/mol. The van der Waals surface area contributed by atoms with Crippen LogP contribution in [0.2, 0.25) is 0 Å². The fourth-order valence-corrected chi connectivity index (χ4v) is 1.76. The zero-order valence-electron chi connectivity index (χ0n) is 17.0. The molecule has 0 N–H and O–H groups in total. The number of hydrogen-bond donors (Lipinski definition) is 0. The number of nitrogens with zero attached hydrogens (tertiary/aromatic N) is 3. The number of aliphatic carboxylic acids is 2. The van der Waals surface area contributed by atoms with Gasteiger partial charge in [0.1, 0.15) is 6.09 Å². The predicted octanol–water partition coefficient (Wildman–Crippen LogP) is -1.34. The predicted molar refractivity (Wildman–Crippen MR) is 97.3 cm³/mol. The lowest BCUT2D eigenvalue weighted by atomic mass is 10.1. The second kappa shape index (κ2) is 17.7. The molecule has 0 saturated carbocycles. The largest absolute Gasteiger partial charge is 0.543 e. The van der Waals surface area contributed by atoms with E-state index in [9.17, 15) is 9.90 Å². The van der Waals surface area contributed by atoms with Crippen molar-refractivity contribution in [3.05, 3.63) is 30.1 Å². The van der Waals surface area contributed by atoms with Crippen LogP contribution in [-0.4, -0.2) is 60.5 Å². The summed E-state index contributed by atoms with van der Waals surface area (Å²) in [4.78, 5) is 34.9. The summed E-state index contributed by atoms with van der Waals surface area (Å²) in [5, 5.41) is 27.4. The molecule has 0 aliphatic rings. The Kier molecular flexibility index (Phi) is 17.4. The van der Waals surface area contributed by atoms with Gasteiger partial charge in [-0.15, -0.1) is 0 Å². The van der Waals surface area contributed by atoms with Crippen LogP contribution in [0.25, 0.3) is 0 Å². The first-order chi connectivity index (χ1) is 13.1. The second-order valence-electron chi connectivity index (χ2n) is 6.12. The normalized spacial score (nSPS) is 9.46. The van der Waals surface area contributed by atoms with Gasteiger partial charge in [0.05, 0.1) is 17.6 Å². The maximum atomic E-state index is 9.51. The Morgan fingerprint density at radius 2 is 1.54 bits per heavy atom. The van der Waals surface area contributed by atoms with Gasteiger partial charge in [-0.1, -0.05) is 38.7 Å². The Morgan fingerprint density at radius 1 is 1.00 bits per heavy atom.